The average molecular weight is 401 g/mol. The number of rotatable bonds is 3. The van der Waals surface area contributed by atoms with Crippen molar-refractivity contribution in [3.63, 3.8) is 0 Å². The molecule has 4 heteroatoms. The van der Waals surface area contributed by atoms with E-state index in [9.17, 15) is 0 Å². The van der Waals surface area contributed by atoms with Gasteiger partial charge in [-0.25, -0.2) is 0 Å². The summed E-state index contributed by atoms with van der Waals surface area (Å²) in [7, 11) is 0. The van der Waals surface area contributed by atoms with Crippen LogP contribution in [-0.2, 0) is 13.0 Å². The zero-order valence-corrected chi connectivity index (χ0v) is 14.4. The van der Waals surface area contributed by atoms with Crippen LogP contribution in [0.1, 0.15) is 34.9 Å². The lowest BCUT2D eigenvalue weighted by molar-refractivity contribution is 0.463. The van der Waals surface area contributed by atoms with E-state index in [2.05, 4.69) is 67.5 Å². The monoisotopic (exact) mass is 399 g/mol. The van der Waals surface area contributed by atoms with Gasteiger partial charge in [-0.3, -0.25) is 0 Å². The van der Waals surface area contributed by atoms with E-state index in [0.29, 0.717) is 6.04 Å². The van der Waals surface area contributed by atoms with Crippen LogP contribution in [0.2, 0.25) is 0 Å². The van der Waals surface area contributed by atoms with Gasteiger partial charge in [-0.15, -0.1) is 11.3 Å². The van der Waals surface area contributed by atoms with Crippen molar-refractivity contribution in [2.45, 2.75) is 31.8 Å². The molecule has 3 rings (SSSR count). The summed E-state index contributed by atoms with van der Waals surface area (Å²) in [5.41, 5.74) is 2.84. The Morgan fingerprint density at radius 1 is 1.21 bits per heavy atom. The summed E-state index contributed by atoms with van der Waals surface area (Å²) in [6.45, 7) is 0.935. The van der Waals surface area contributed by atoms with Gasteiger partial charge in [0.25, 0.3) is 0 Å². The van der Waals surface area contributed by atoms with Crippen LogP contribution in [0.25, 0.3) is 0 Å². The molecule has 1 aliphatic rings. The van der Waals surface area contributed by atoms with Crippen LogP contribution < -0.4 is 5.32 Å². The summed E-state index contributed by atoms with van der Waals surface area (Å²) in [4.78, 5) is 1.55. The van der Waals surface area contributed by atoms with Crippen molar-refractivity contribution in [1.82, 2.24) is 5.32 Å². The minimum atomic E-state index is 0.509. The average Bonchev–Trinajstić information content (AvgIpc) is 2.79. The van der Waals surface area contributed by atoms with Crippen molar-refractivity contribution >= 4 is 43.2 Å². The van der Waals surface area contributed by atoms with Crippen molar-refractivity contribution < 1.29 is 0 Å². The Morgan fingerprint density at radius 3 is 2.79 bits per heavy atom. The molecule has 1 unspecified atom stereocenters. The summed E-state index contributed by atoms with van der Waals surface area (Å²) >= 11 is 8.97. The van der Waals surface area contributed by atoms with Gasteiger partial charge in [0, 0.05) is 21.9 Å². The number of aryl methyl sites for hydroxylation is 1. The van der Waals surface area contributed by atoms with Crippen LogP contribution in [0.4, 0.5) is 0 Å². The summed E-state index contributed by atoms with van der Waals surface area (Å²) < 4.78 is 2.40. The summed E-state index contributed by atoms with van der Waals surface area (Å²) in [6, 6.07) is 11.3. The molecule has 0 amide bonds. The second-order valence-electron chi connectivity index (χ2n) is 4.88. The molecule has 1 heterocycles. The Balaban J connectivity index is 1.69. The first kappa shape index (κ1) is 13.8. The summed E-state index contributed by atoms with van der Waals surface area (Å²) in [5, 5.41) is 3.70. The van der Waals surface area contributed by atoms with Crippen molar-refractivity contribution in [2.24, 2.45) is 0 Å². The van der Waals surface area contributed by atoms with Crippen molar-refractivity contribution in [2.75, 3.05) is 0 Å². The van der Waals surface area contributed by atoms with Gasteiger partial charge >= 0.3 is 0 Å². The van der Waals surface area contributed by atoms with E-state index >= 15 is 0 Å². The fraction of sp³-hybridized carbons (Fsp3) is 0.333. The molecule has 1 N–H and O–H groups in total. The molecule has 0 saturated heterocycles. The normalized spacial score (nSPS) is 18.3. The fourth-order valence-corrected chi connectivity index (χ4v) is 4.66. The third-order valence-electron chi connectivity index (χ3n) is 3.55. The SMILES string of the molecule is Brc1ccc(CNC2CCCc3sc(Br)cc32)cc1. The topological polar surface area (TPSA) is 12.0 Å². The molecule has 19 heavy (non-hydrogen) atoms. The van der Waals surface area contributed by atoms with Crippen molar-refractivity contribution in [1.29, 1.82) is 0 Å². The van der Waals surface area contributed by atoms with Gasteiger partial charge in [-0.05, 0) is 64.5 Å². The lowest BCUT2D eigenvalue weighted by atomic mass is 9.94. The number of thiophene rings is 1. The molecular weight excluding hydrogens is 386 g/mol. The van der Waals surface area contributed by atoms with E-state index in [4.69, 9.17) is 0 Å². The maximum Gasteiger partial charge on any atom is 0.0704 e. The molecule has 1 aromatic carbocycles. The van der Waals surface area contributed by atoms with E-state index in [1.54, 1.807) is 4.88 Å². The van der Waals surface area contributed by atoms with Crippen molar-refractivity contribution in [3.8, 4) is 0 Å². The van der Waals surface area contributed by atoms with Crippen LogP contribution in [0.15, 0.2) is 38.6 Å². The van der Waals surface area contributed by atoms with Gasteiger partial charge in [0.05, 0.1) is 3.79 Å². The van der Waals surface area contributed by atoms with E-state index in [1.807, 2.05) is 11.3 Å². The zero-order chi connectivity index (χ0) is 13.2. The Bertz CT molecular complexity index is 562. The quantitative estimate of drug-likeness (QED) is 0.723. The van der Waals surface area contributed by atoms with Gasteiger partial charge in [0.1, 0.15) is 0 Å². The smallest absolute Gasteiger partial charge is 0.0704 e. The molecule has 2 aromatic rings. The first-order valence-electron chi connectivity index (χ1n) is 6.48. The van der Waals surface area contributed by atoms with Gasteiger partial charge in [-0.2, -0.15) is 0 Å². The molecular formula is C15H15Br2NS. The maximum absolute atomic E-state index is 3.70. The summed E-state index contributed by atoms with van der Waals surface area (Å²) in [5.74, 6) is 0. The molecule has 0 fully saturated rings. The third kappa shape index (κ3) is 3.30. The minimum Gasteiger partial charge on any atom is -0.306 e. The molecule has 0 spiro atoms. The molecule has 1 aromatic heterocycles. The Hall–Kier alpha value is -0.160. The molecule has 0 aliphatic heterocycles. The molecule has 0 bridgehead atoms. The van der Waals surface area contributed by atoms with Gasteiger partial charge in [0.15, 0.2) is 0 Å². The number of halogens is 2. The second-order valence-corrected chi connectivity index (χ2v) is 8.31. The second kappa shape index (κ2) is 6.08. The fourth-order valence-electron chi connectivity index (χ4n) is 2.58. The lowest BCUT2D eigenvalue weighted by Crippen LogP contribution is -2.23. The maximum atomic E-state index is 3.70. The highest BCUT2D eigenvalue weighted by atomic mass is 79.9. The number of fused-ring (bicyclic) bond motifs is 1. The molecule has 1 aliphatic carbocycles. The third-order valence-corrected chi connectivity index (χ3v) is 5.79. The Kier molecular flexibility index (Phi) is 4.42. The first-order valence-corrected chi connectivity index (χ1v) is 8.88. The highest BCUT2D eigenvalue weighted by Gasteiger charge is 2.21. The number of hydrogen-bond donors (Lipinski definition) is 1. The van der Waals surface area contributed by atoms with Crippen LogP contribution in [0, 0.1) is 0 Å². The summed E-state index contributed by atoms with van der Waals surface area (Å²) in [6.07, 6.45) is 3.77. The van der Waals surface area contributed by atoms with E-state index in [0.717, 1.165) is 11.0 Å². The van der Waals surface area contributed by atoms with E-state index in [-0.39, 0.29) is 0 Å². The molecule has 1 nitrogen and oxygen atoms in total. The Morgan fingerprint density at radius 2 is 2.00 bits per heavy atom. The van der Waals surface area contributed by atoms with Gasteiger partial charge in [0.2, 0.25) is 0 Å². The molecule has 0 saturated carbocycles. The van der Waals surface area contributed by atoms with E-state index in [1.165, 1.54) is 34.2 Å². The highest BCUT2D eigenvalue weighted by molar-refractivity contribution is 9.11. The predicted octanol–water partition coefficient (Wildman–Crippen LogP) is 5.44. The van der Waals surface area contributed by atoms with Crippen LogP contribution in [0.3, 0.4) is 0 Å². The minimum absolute atomic E-state index is 0.509. The standard InChI is InChI=1S/C15H15Br2NS/c16-11-6-4-10(5-7-11)9-18-13-2-1-3-14-12(13)8-15(17)19-14/h4-8,13,18H,1-3,9H2. The number of nitrogens with one attached hydrogen (secondary N) is 1. The molecule has 1 atom stereocenters. The molecule has 100 valence electrons. The van der Waals surface area contributed by atoms with Crippen molar-refractivity contribution in [3.05, 3.63) is 54.6 Å². The van der Waals surface area contributed by atoms with E-state index < -0.39 is 0 Å². The Labute approximate surface area is 134 Å². The predicted molar refractivity (Wildman–Crippen MR) is 88.7 cm³/mol. The van der Waals surface area contributed by atoms with Crippen LogP contribution in [0.5, 0.6) is 0 Å². The highest BCUT2D eigenvalue weighted by Crippen LogP contribution is 2.38. The molecule has 0 radical (unpaired) electrons. The first-order chi connectivity index (χ1) is 9.22. The van der Waals surface area contributed by atoms with Gasteiger partial charge in [-0.1, -0.05) is 28.1 Å². The zero-order valence-electron chi connectivity index (χ0n) is 10.5. The number of hydrogen-bond acceptors (Lipinski definition) is 2. The largest absolute Gasteiger partial charge is 0.306 e. The van der Waals surface area contributed by atoms with Crippen LogP contribution >= 0.6 is 43.2 Å². The lowest BCUT2D eigenvalue weighted by Gasteiger charge is -2.23. The van der Waals surface area contributed by atoms with Gasteiger partial charge < -0.3 is 5.32 Å². The van der Waals surface area contributed by atoms with Crippen LogP contribution in [-0.4, -0.2) is 0 Å². The number of benzene rings is 1.